The highest BCUT2D eigenvalue weighted by Crippen LogP contribution is 2.33. The lowest BCUT2D eigenvalue weighted by Gasteiger charge is -2.11. The standard InChI is InChI=1S/C19H17N5O/c20-8-7-12-1-5-14(6-2-12)23-15-9-16-18(22-11-21-16)17(10-15)24-19(25)13-3-4-13/h1-2,5-6,9-11,13,23H,3-4,7H2,(H,21,22)(H,24,25). The second-order valence-corrected chi connectivity index (χ2v) is 6.24. The number of aromatic amines is 1. The molecule has 2 aromatic carbocycles. The maximum atomic E-state index is 12.1. The summed E-state index contributed by atoms with van der Waals surface area (Å²) in [5.74, 6) is 0.195. The molecular weight excluding hydrogens is 314 g/mol. The Hall–Kier alpha value is -3.33. The first kappa shape index (κ1) is 15.2. The fourth-order valence-corrected chi connectivity index (χ4v) is 2.76. The molecule has 0 unspecified atom stereocenters. The fraction of sp³-hybridized carbons (Fsp3) is 0.211. The molecule has 0 radical (unpaired) electrons. The van der Waals surface area contributed by atoms with E-state index in [1.165, 1.54) is 0 Å². The van der Waals surface area contributed by atoms with Crippen molar-refractivity contribution in [3.8, 4) is 6.07 Å². The number of amides is 1. The summed E-state index contributed by atoms with van der Waals surface area (Å²) in [5.41, 5.74) is 5.07. The average molecular weight is 331 g/mol. The summed E-state index contributed by atoms with van der Waals surface area (Å²) < 4.78 is 0. The van der Waals surface area contributed by atoms with Gasteiger partial charge in [0.25, 0.3) is 0 Å². The van der Waals surface area contributed by atoms with Crippen LogP contribution in [0.25, 0.3) is 11.0 Å². The molecule has 0 bridgehead atoms. The molecule has 1 heterocycles. The van der Waals surface area contributed by atoms with Crippen LogP contribution in [0.3, 0.4) is 0 Å². The van der Waals surface area contributed by atoms with E-state index in [1.54, 1.807) is 6.33 Å². The zero-order valence-corrected chi connectivity index (χ0v) is 13.5. The van der Waals surface area contributed by atoms with Crippen molar-refractivity contribution < 1.29 is 4.79 Å². The monoisotopic (exact) mass is 331 g/mol. The first-order chi connectivity index (χ1) is 12.2. The number of carbonyl (C=O) groups excluding carboxylic acids is 1. The molecule has 1 saturated carbocycles. The minimum absolute atomic E-state index is 0.0577. The molecule has 1 aromatic heterocycles. The van der Waals surface area contributed by atoms with Crippen LogP contribution >= 0.6 is 0 Å². The normalized spacial score (nSPS) is 13.4. The van der Waals surface area contributed by atoms with Crippen molar-refractivity contribution in [3.05, 3.63) is 48.3 Å². The lowest BCUT2D eigenvalue weighted by atomic mass is 10.1. The van der Waals surface area contributed by atoms with E-state index in [4.69, 9.17) is 5.26 Å². The number of nitriles is 1. The number of anilines is 3. The number of carbonyl (C=O) groups is 1. The Bertz CT molecular complexity index is 964. The highest BCUT2D eigenvalue weighted by Gasteiger charge is 2.30. The third-order valence-electron chi connectivity index (χ3n) is 4.26. The van der Waals surface area contributed by atoms with E-state index >= 15 is 0 Å². The molecule has 0 saturated heterocycles. The SMILES string of the molecule is N#CCc1ccc(Nc2cc(NC(=O)C3CC3)c3nc[nH]c3c2)cc1. The molecule has 1 aliphatic carbocycles. The lowest BCUT2D eigenvalue weighted by Crippen LogP contribution is -2.13. The number of nitrogens with zero attached hydrogens (tertiary/aromatic N) is 2. The van der Waals surface area contributed by atoms with Gasteiger partial charge < -0.3 is 15.6 Å². The van der Waals surface area contributed by atoms with Gasteiger partial charge >= 0.3 is 0 Å². The Balaban J connectivity index is 1.60. The van der Waals surface area contributed by atoms with E-state index in [2.05, 4.69) is 26.7 Å². The van der Waals surface area contributed by atoms with Gasteiger partial charge in [-0.05, 0) is 42.7 Å². The molecule has 1 aliphatic rings. The molecular formula is C19H17N5O. The number of fused-ring (bicyclic) bond motifs is 1. The number of benzene rings is 2. The number of hydrogen-bond acceptors (Lipinski definition) is 4. The minimum Gasteiger partial charge on any atom is -0.355 e. The van der Waals surface area contributed by atoms with Crippen LogP contribution in [-0.4, -0.2) is 15.9 Å². The third kappa shape index (κ3) is 3.31. The minimum atomic E-state index is 0.0577. The number of aromatic nitrogens is 2. The van der Waals surface area contributed by atoms with E-state index in [0.717, 1.165) is 40.8 Å². The van der Waals surface area contributed by atoms with Crippen LogP contribution in [0.1, 0.15) is 18.4 Å². The van der Waals surface area contributed by atoms with Gasteiger partial charge in [0.05, 0.1) is 30.0 Å². The van der Waals surface area contributed by atoms with Crippen molar-refractivity contribution in [2.75, 3.05) is 10.6 Å². The molecule has 1 amide bonds. The first-order valence-corrected chi connectivity index (χ1v) is 8.24. The number of nitrogens with one attached hydrogen (secondary N) is 3. The Morgan fingerprint density at radius 3 is 2.76 bits per heavy atom. The van der Waals surface area contributed by atoms with E-state index < -0.39 is 0 Å². The quantitative estimate of drug-likeness (QED) is 0.664. The van der Waals surface area contributed by atoms with Crippen LogP contribution in [0.15, 0.2) is 42.7 Å². The van der Waals surface area contributed by atoms with Crippen LogP contribution in [0.2, 0.25) is 0 Å². The summed E-state index contributed by atoms with van der Waals surface area (Å²) >= 11 is 0. The van der Waals surface area contributed by atoms with E-state index in [1.807, 2.05) is 36.4 Å². The molecule has 3 N–H and O–H groups in total. The summed E-state index contributed by atoms with van der Waals surface area (Å²) in [6.45, 7) is 0. The third-order valence-corrected chi connectivity index (χ3v) is 4.26. The van der Waals surface area contributed by atoms with Crippen LogP contribution in [-0.2, 0) is 11.2 Å². The average Bonchev–Trinajstić information content (AvgIpc) is 3.35. The van der Waals surface area contributed by atoms with Gasteiger partial charge in [-0.15, -0.1) is 0 Å². The van der Waals surface area contributed by atoms with Crippen LogP contribution < -0.4 is 10.6 Å². The number of hydrogen-bond donors (Lipinski definition) is 3. The Morgan fingerprint density at radius 2 is 2.04 bits per heavy atom. The van der Waals surface area contributed by atoms with Crippen molar-refractivity contribution in [1.29, 1.82) is 5.26 Å². The summed E-state index contributed by atoms with van der Waals surface area (Å²) in [6.07, 6.45) is 3.95. The molecule has 6 nitrogen and oxygen atoms in total. The molecule has 4 rings (SSSR count). The summed E-state index contributed by atoms with van der Waals surface area (Å²) in [6, 6.07) is 13.7. The predicted octanol–water partition coefficient (Wildman–Crippen LogP) is 3.72. The smallest absolute Gasteiger partial charge is 0.227 e. The van der Waals surface area contributed by atoms with Crippen molar-refractivity contribution in [1.82, 2.24) is 9.97 Å². The van der Waals surface area contributed by atoms with Crippen LogP contribution in [0.5, 0.6) is 0 Å². The van der Waals surface area contributed by atoms with Gasteiger partial charge in [0.2, 0.25) is 5.91 Å². The van der Waals surface area contributed by atoms with Crippen molar-refractivity contribution in [2.24, 2.45) is 5.92 Å². The zero-order chi connectivity index (χ0) is 17.2. The maximum absolute atomic E-state index is 12.1. The highest BCUT2D eigenvalue weighted by atomic mass is 16.2. The fourth-order valence-electron chi connectivity index (χ4n) is 2.76. The van der Waals surface area contributed by atoms with E-state index in [9.17, 15) is 4.79 Å². The molecule has 0 atom stereocenters. The second kappa shape index (κ2) is 6.29. The largest absolute Gasteiger partial charge is 0.355 e. The Kier molecular flexibility index (Phi) is 3.82. The van der Waals surface area contributed by atoms with Gasteiger partial charge in [0.1, 0.15) is 5.52 Å². The number of imidazole rings is 1. The topological polar surface area (TPSA) is 93.6 Å². The lowest BCUT2D eigenvalue weighted by molar-refractivity contribution is -0.117. The summed E-state index contributed by atoms with van der Waals surface area (Å²) in [4.78, 5) is 19.5. The van der Waals surface area contributed by atoms with Crippen molar-refractivity contribution in [2.45, 2.75) is 19.3 Å². The van der Waals surface area contributed by atoms with Gasteiger partial charge in [0, 0.05) is 17.3 Å². The predicted molar refractivity (Wildman–Crippen MR) is 96.5 cm³/mol. The molecule has 0 aliphatic heterocycles. The van der Waals surface area contributed by atoms with Gasteiger partial charge in [0.15, 0.2) is 0 Å². The first-order valence-electron chi connectivity index (χ1n) is 8.24. The molecule has 124 valence electrons. The Morgan fingerprint density at radius 1 is 1.24 bits per heavy atom. The molecule has 6 heteroatoms. The number of rotatable bonds is 5. The van der Waals surface area contributed by atoms with Gasteiger partial charge in [-0.2, -0.15) is 5.26 Å². The highest BCUT2D eigenvalue weighted by molar-refractivity contribution is 6.02. The second-order valence-electron chi connectivity index (χ2n) is 6.24. The van der Waals surface area contributed by atoms with E-state index in [-0.39, 0.29) is 11.8 Å². The van der Waals surface area contributed by atoms with Gasteiger partial charge in [-0.25, -0.2) is 4.98 Å². The van der Waals surface area contributed by atoms with Gasteiger partial charge in [-0.1, -0.05) is 12.1 Å². The number of H-pyrrole nitrogens is 1. The van der Waals surface area contributed by atoms with Crippen molar-refractivity contribution >= 4 is 34.0 Å². The molecule has 25 heavy (non-hydrogen) atoms. The van der Waals surface area contributed by atoms with Crippen molar-refractivity contribution in [3.63, 3.8) is 0 Å². The maximum Gasteiger partial charge on any atom is 0.227 e. The van der Waals surface area contributed by atoms with Crippen LogP contribution in [0, 0.1) is 17.2 Å². The summed E-state index contributed by atoms with van der Waals surface area (Å²) in [7, 11) is 0. The van der Waals surface area contributed by atoms with Gasteiger partial charge in [-0.3, -0.25) is 4.79 Å². The molecule has 0 spiro atoms. The van der Waals surface area contributed by atoms with E-state index in [0.29, 0.717) is 12.1 Å². The molecule has 1 fully saturated rings. The van der Waals surface area contributed by atoms with Crippen LogP contribution in [0.4, 0.5) is 17.1 Å². The summed E-state index contributed by atoms with van der Waals surface area (Å²) in [5, 5.41) is 15.1. The Labute approximate surface area is 144 Å². The molecule has 3 aromatic rings. The zero-order valence-electron chi connectivity index (χ0n) is 13.5.